The highest BCUT2D eigenvalue weighted by Gasteiger charge is 1.91. The van der Waals surface area contributed by atoms with Gasteiger partial charge in [-0.25, -0.2) is 0 Å². The molecule has 0 aliphatic rings. The molecule has 0 aromatic rings. The zero-order chi connectivity index (χ0) is 14.7. The van der Waals surface area contributed by atoms with Crippen molar-refractivity contribution in [1.82, 2.24) is 0 Å². The molecule has 0 aliphatic carbocycles. The Bertz CT molecular complexity index is 397. The molecule has 106 valence electrons. The molecule has 0 fully saturated rings. The van der Waals surface area contributed by atoms with E-state index in [-0.39, 0.29) is 5.78 Å². The number of hydrogen-bond donors (Lipinski definition) is 0. The van der Waals surface area contributed by atoms with E-state index in [1.807, 2.05) is 6.08 Å². The maximum atomic E-state index is 10.8. The van der Waals surface area contributed by atoms with E-state index >= 15 is 0 Å². The molecule has 0 saturated carbocycles. The Kier molecular flexibility index (Phi) is 9.84. The molecule has 0 aromatic carbocycles. The van der Waals surface area contributed by atoms with E-state index in [9.17, 15) is 4.79 Å². The summed E-state index contributed by atoms with van der Waals surface area (Å²) in [5, 5.41) is 0. The van der Waals surface area contributed by atoms with Crippen molar-refractivity contribution in [1.29, 1.82) is 0 Å². The lowest BCUT2D eigenvalue weighted by molar-refractivity contribution is -0.116. The summed E-state index contributed by atoms with van der Waals surface area (Å²) < 4.78 is 0. The van der Waals surface area contributed by atoms with Gasteiger partial charge in [-0.05, 0) is 72.0 Å². The third-order valence-electron chi connectivity index (χ3n) is 2.84. The van der Waals surface area contributed by atoms with E-state index in [1.54, 1.807) is 6.92 Å². The maximum Gasteiger partial charge on any atom is 0.134 e. The largest absolute Gasteiger partial charge is 0.300 e. The fourth-order valence-electron chi connectivity index (χ4n) is 1.67. The Hall–Kier alpha value is -1.33. The van der Waals surface area contributed by atoms with Crippen molar-refractivity contribution in [2.24, 2.45) is 0 Å². The van der Waals surface area contributed by atoms with Crippen molar-refractivity contribution in [2.75, 3.05) is 0 Å². The minimum absolute atomic E-state index is 0.190. The highest BCUT2D eigenvalue weighted by Crippen LogP contribution is 2.10. The van der Waals surface area contributed by atoms with Gasteiger partial charge in [-0.1, -0.05) is 23.3 Å². The molecule has 0 aromatic heterocycles. The normalized spacial score (nSPS) is 10.7. The number of hydrogen-bond acceptors (Lipinski definition) is 1. The lowest BCUT2D eigenvalue weighted by Gasteiger charge is -1.99. The van der Waals surface area contributed by atoms with Gasteiger partial charge in [0.25, 0.3) is 0 Å². The van der Waals surface area contributed by atoms with Gasteiger partial charge < -0.3 is 0 Å². The first-order valence-electron chi connectivity index (χ1n) is 7.11. The molecule has 0 N–H and O–H groups in total. The molecular formula is C18H28O. The van der Waals surface area contributed by atoms with E-state index in [1.165, 1.54) is 16.7 Å². The van der Waals surface area contributed by atoms with Crippen LogP contribution in [-0.4, -0.2) is 5.78 Å². The predicted molar refractivity (Wildman–Crippen MR) is 84.2 cm³/mol. The Balaban J connectivity index is 4.02. The van der Waals surface area contributed by atoms with Crippen molar-refractivity contribution in [3.63, 3.8) is 0 Å². The van der Waals surface area contributed by atoms with Gasteiger partial charge >= 0.3 is 0 Å². The molecule has 0 spiro atoms. The van der Waals surface area contributed by atoms with Crippen LogP contribution in [0.15, 0.2) is 40.7 Å². The smallest absolute Gasteiger partial charge is 0.134 e. The van der Waals surface area contributed by atoms with Gasteiger partial charge in [-0.3, -0.25) is 4.79 Å². The molecule has 0 atom stereocenters. The number of carbonyl (C=O) groups is 1. The molecular weight excluding hydrogens is 232 g/mol. The van der Waals surface area contributed by atoms with Crippen molar-refractivity contribution < 1.29 is 4.79 Å². The Labute approximate surface area is 118 Å². The van der Waals surface area contributed by atoms with Crippen LogP contribution in [0.1, 0.15) is 66.7 Å². The Morgan fingerprint density at radius 3 is 2.16 bits per heavy atom. The molecule has 0 bridgehead atoms. The molecule has 0 unspecified atom stereocenters. The second-order valence-electron chi connectivity index (χ2n) is 5.44. The summed E-state index contributed by atoms with van der Waals surface area (Å²) in [4.78, 5) is 10.8. The van der Waals surface area contributed by atoms with E-state index in [0.29, 0.717) is 6.42 Å². The van der Waals surface area contributed by atoms with Crippen molar-refractivity contribution in [2.45, 2.75) is 66.7 Å². The topological polar surface area (TPSA) is 17.1 Å². The third kappa shape index (κ3) is 12.9. The lowest BCUT2D eigenvalue weighted by atomic mass is 10.1. The van der Waals surface area contributed by atoms with Crippen LogP contribution in [0, 0.1) is 0 Å². The van der Waals surface area contributed by atoms with Crippen LogP contribution in [0.5, 0.6) is 0 Å². The summed E-state index contributed by atoms with van der Waals surface area (Å²) in [7, 11) is 0. The number of carbonyl (C=O) groups excluding carboxylic acids is 1. The van der Waals surface area contributed by atoms with Gasteiger partial charge in [0.15, 0.2) is 0 Å². The highest BCUT2D eigenvalue weighted by molar-refractivity contribution is 5.76. The van der Waals surface area contributed by atoms with Gasteiger partial charge in [0, 0.05) is 6.42 Å². The first kappa shape index (κ1) is 17.7. The number of allylic oxidation sites excluding steroid dienone is 5. The van der Waals surface area contributed by atoms with E-state index in [4.69, 9.17) is 0 Å². The van der Waals surface area contributed by atoms with Crippen molar-refractivity contribution in [3.8, 4) is 0 Å². The van der Waals surface area contributed by atoms with Crippen LogP contribution in [0.3, 0.4) is 0 Å². The summed E-state index contributed by atoms with van der Waals surface area (Å²) in [6.07, 6.45) is 11.3. The molecule has 1 nitrogen and oxygen atoms in total. The second-order valence-corrected chi connectivity index (χ2v) is 5.44. The van der Waals surface area contributed by atoms with E-state index in [0.717, 1.165) is 25.7 Å². The van der Waals surface area contributed by atoms with Crippen LogP contribution in [0.4, 0.5) is 0 Å². The van der Waals surface area contributed by atoms with Crippen LogP contribution in [0.25, 0.3) is 0 Å². The van der Waals surface area contributed by atoms with Crippen molar-refractivity contribution >= 4 is 5.78 Å². The molecule has 0 aliphatic heterocycles. The van der Waals surface area contributed by atoms with Crippen LogP contribution >= 0.6 is 0 Å². The first-order chi connectivity index (χ1) is 8.91. The summed E-state index contributed by atoms with van der Waals surface area (Å²) in [6, 6.07) is 0. The molecule has 0 rings (SSSR count). The predicted octanol–water partition coefficient (Wildman–Crippen LogP) is 5.54. The second kappa shape index (κ2) is 10.6. The average Bonchev–Trinajstić information content (AvgIpc) is 2.27. The van der Waals surface area contributed by atoms with Gasteiger partial charge in [-0.2, -0.15) is 0 Å². The van der Waals surface area contributed by atoms with Gasteiger partial charge in [0.2, 0.25) is 0 Å². The summed E-state index contributed by atoms with van der Waals surface area (Å²) >= 11 is 0. The zero-order valence-corrected chi connectivity index (χ0v) is 13.2. The standard InChI is InChI=1S/C18H28O/c1-15(2)9-6-10-16(3)11-7-12-17(4)13-8-14-18(5)19/h8-9,11H,6-7,10,12,14H2,1-5H3. The SMILES string of the molecule is CC(=O)CC=C=C(C)CCC=C(C)CCC=C(C)C. The zero-order valence-electron chi connectivity index (χ0n) is 13.2. The Morgan fingerprint density at radius 2 is 1.58 bits per heavy atom. The molecule has 0 amide bonds. The molecule has 0 saturated heterocycles. The van der Waals surface area contributed by atoms with Gasteiger partial charge in [0.05, 0.1) is 0 Å². The highest BCUT2D eigenvalue weighted by atomic mass is 16.1. The monoisotopic (exact) mass is 260 g/mol. The molecule has 0 radical (unpaired) electrons. The number of ketones is 1. The third-order valence-corrected chi connectivity index (χ3v) is 2.84. The molecule has 0 heterocycles. The molecule has 1 heteroatoms. The quantitative estimate of drug-likeness (QED) is 0.413. The van der Waals surface area contributed by atoms with E-state index < -0.39 is 0 Å². The van der Waals surface area contributed by atoms with E-state index in [2.05, 4.69) is 45.6 Å². The Morgan fingerprint density at radius 1 is 0.947 bits per heavy atom. The van der Waals surface area contributed by atoms with Gasteiger partial charge in [-0.15, -0.1) is 5.73 Å². The number of Topliss-reactive ketones (excluding diaryl/α,β-unsaturated/α-hetero) is 1. The minimum Gasteiger partial charge on any atom is -0.300 e. The lowest BCUT2D eigenvalue weighted by Crippen LogP contribution is -1.83. The summed E-state index contributed by atoms with van der Waals surface area (Å²) in [5.74, 6) is 0.190. The fraction of sp³-hybridized carbons (Fsp3) is 0.556. The van der Waals surface area contributed by atoms with Crippen molar-refractivity contribution in [3.05, 3.63) is 40.7 Å². The minimum atomic E-state index is 0.190. The molecule has 19 heavy (non-hydrogen) atoms. The van der Waals surface area contributed by atoms with Crippen LogP contribution in [0.2, 0.25) is 0 Å². The van der Waals surface area contributed by atoms with Gasteiger partial charge in [0.1, 0.15) is 5.78 Å². The van der Waals surface area contributed by atoms with Crippen LogP contribution in [-0.2, 0) is 4.79 Å². The number of rotatable bonds is 8. The maximum absolute atomic E-state index is 10.8. The first-order valence-corrected chi connectivity index (χ1v) is 7.11. The summed E-state index contributed by atoms with van der Waals surface area (Å²) in [6.45, 7) is 10.2. The average molecular weight is 260 g/mol. The fourth-order valence-corrected chi connectivity index (χ4v) is 1.67. The summed E-state index contributed by atoms with van der Waals surface area (Å²) in [5.41, 5.74) is 7.24. The van der Waals surface area contributed by atoms with Crippen LogP contribution < -0.4 is 0 Å².